The summed E-state index contributed by atoms with van der Waals surface area (Å²) in [5.74, 6) is 0.225. The number of hydrogen-bond acceptors (Lipinski definition) is 3. The Morgan fingerprint density at radius 3 is 2.44 bits per heavy atom. The highest BCUT2D eigenvalue weighted by Crippen LogP contribution is 2.31. The lowest BCUT2D eigenvalue weighted by atomic mass is 9.80. The zero-order chi connectivity index (χ0) is 13.9. The van der Waals surface area contributed by atoms with Crippen LogP contribution in [0.3, 0.4) is 0 Å². The smallest absolute Gasteiger partial charge is 0.235 e. The first kappa shape index (κ1) is 15.4. The maximum atomic E-state index is 12.6. The Balaban J connectivity index is 2.88. The second-order valence-electron chi connectivity index (χ2n) is 5.24. The fraction of sp³-hybridized carbons (Fsp3) is 0.846. The van der Waals surface area contributed by atoms with Crippen LogP contribution in [0.1, 0.15) is 40.0 Å². The summed E-state index contributed by atoms with van der Waals surface area (Å²) in [6, 6.07) is 0. The fourth-order valence-corrected chi connectivity index (χ4v) is 2.92. The predicted molar refractivity (Wildman–Crippen MR) is 76.2 cm³/mol. The van der Waals surface area contributed by atoms with Gasteiger partial charge in [-0.25, -0.2) is 0 Å². The number of β-amino-alcohol motifs (C(OH)–C–C–N with tert-alkyl or cyclic N) is 1. The summed E-state index contributed by atoms with van der Waals surface area (Å²) < 4.78 is 0. The standard InChI is InChI=1S/C13H24N2O2S/c1-4-13(5-2,11(14)18)12(17)15-7-6-9(3)10(16)8-15/h9-10,16H,4-8H2,1-3H3,(H2,14,18). The van der Waals surface area contributed by atoms with Crippen LogP contribution in [0.5, 0.6) is 0 Å². The minimum atomic E-state index is -0.740. The number of piperidine rings is 1. The molecule has 18 heavy (non-hydrogen) atoms. The quantitative estimate of drug-likeness (QED) is 0.757. The van der Waals surface area contributed by atoms with Crippen molar-refractivity contribution in [3.63, 3.8) is 0 Å². The molecule has 1 amide bonds. The molecule has 0 aliphatic carbocycles. The van der Waals surface area contributed by atoms with Crippen LogP contribution in [0.2, 0.25) is 0 Å². The number of nitrogens with two attached hydrogens (primary N) is 1. The summed E-state index contributed by atoms with van der Waals surface area (Å²) in [4.78, 5) is 14.6. The van der Waals surface area contributed by atoms with E-state index in [0.717, 1.165) is 6.42 Å². The third-order valence-corrected chi connectivity index (χ3v) is 4.68. The average Bonchev–Trinajstić information content (AvgIpc) is 2.34. The molecule has 0 aromatic heterocycles. The van der Waals surface area contributed by atoms with Crippen molar-refractivity contribution >= 4 is 23.1 Å². The molecule has 0 aromatic carbocycles. The largest absolute Gasteiger partial charge is 0.392 e. The molecule has 1 aliphatic heterocycles. The maximum absolute atomic E-state index is 12.6. The summed E-state index contributed by atoms with van der Waals surface area (Å²) in [6.07, 6.45) is 1.60. The van der Waals surface area contributed by atoms with Crippen molar-refractivity contribution < 1.29 is 9.90 Å². The van der Waals surface area contributed by atoms with Gasteiger partial charge >= 0.3 is 0 Å². The number of aliphatic hydroxyl groups is 1. The van der Waals surface area contributed by atoms with E-state index in [1.807, 2.05) is 20.8 Å². The lowest BCUT2D eigenvalue weighted by Crippen LogP contribution is -2.54. The van der Waals surface area contributed by atoms with Gasteiger partial charge in [-0.1, -0.05) is 33.0 Å². The van der Waals surface area contributed by atoms with Crippen molar-refractivity contribution in [1.82, 2.24) is 4.90 Å². The van der Waals surface area contributed by atoms with E-state index >= 15 is 0 Å². The second kappa shape index (κ2) is 5.97. The summed E-state index contributed by atoms with van der Waals surface area (Å²) >= 11 is 5.09. The topological polar surface area (TPSA) is 66.6 Å². The van der Waals surface area contributed by atoms with Crippen LogP contribution in [-0.2, 0) is 4.79 Å². The minimum absolute atomic E-state index is 0.0223. The molecule has 0 aromatic rings. The highest BCUT2D eigenvalue weighted by atomic mass is 32.1. The SMILES string of the molecule is CCC(CC)(C(=O)N1CCC(C)C(O)C1)C(N)=S. The van der Waals surface area contributed by atoms with E-state index in [4.69, 9.17) is 18.0 Å². The third-order valence-electron chi connectivity index (χ3n) is 4.29. The zero-order valence-corrected chi connectivity index (χ0v) is 12.3. The van der Waals surface area contributed by atoms with E-state index in [2.05, 4.69) is 0 Å². The van der Waals surface area contributed by atoms with Gasteiger partial charge in [-0.3, -0.25) is 4.79 Å². The number of hydrogen-bond donors (Lipinski definition) is 2. The first-order chi connectivity index (χ1) is 8.39. The Morgan fingerprint density at radius 2 is 2.06 bits per heavy atom. The number of aliphatic hydroxyl groups excluding tert-OH is 1. The molecule has 4 nitrogen and oxygen atoms in total. The number of carbonyl (C=O) groups excluding carboxylic acids is 1. The van der Waals surface area contributed by atoms with Crippen molar-refractivity contribution in [2.75, 3.05) is 13.1 Å². The molecule has 0 bridgehead atoms. The van der Waals surface area contributed by atoms with E-state index in [0.29, 0.717) is 25.9 Å². The van der Waals surface area contributed by atoms with Gasteiger partial charge in [0.15, 0.2) is 0 Å². The van der Waals surface area contributed by atoms with Gasteiger partial charge in [-0.15, -0.1) is 0 Å². The molecule has 1 heterocycles. The van der Waals surface area contributed by atoms with E-state index < -0.39 is 11.5 Å². The van der Waals surface area contributed by atoms with Crippen LogP contribution in [0.15, 0.2) is 0 Å². The second-order valence-corrected chi connectivity index (χ2v) is 5.68. The first-order valence-corrected chi connectivity index (χ1v) is 7.07. The molecule has 1 rings (SSSR count). The van der Waals surface area contributed by atoms with Gasteiger partial charge in [0, 0.05) is 13.1 Å². The monoisotopic (exact) mass is 272 g/mol. The molecule has 1 aliphatic rings. The Morgan fingerprint density at radius 1 is 1.50 bits per heavy atom. The van der Waals surface area contributed by atoms with E-state index in [1.165, 1.54) is 0 Å². The molecule has 1 saturated heterocycles. The van der Waals surface area contributed by atoms with Gasteiger partial charge in [-0.05, 0) is 25.2 Å². The summed E-state index contributed by atoms with van der Waals surface area (Å²) in [7, 11) is 0. The number of amides is 1. The van der Waals surface area contributed by atoms with Crippen LogP contribution in [0, 0.1) is 11.3 Å². The van der Waals surface area contributed by atoms with E-state index in [-0.39, 0.29) is 16.8 Å². The van der Waals surface area contributed by atoms with Gasteiger partial charge in [0.25, 0.3) is 0 Å². The molecule has 0 spiro atoms. The maximum Gasteiger partial charge on any atom is 0.235 e. The Bertz CT molecular complexity index is 329. The van der Waals surface area contributed by atoms with Crippen LogP contribution in [0.4, 0.5) is 0 Å². The summed E-state index contributed by atoms with van der Waals surface area (Å²) in [5, 5.41) is 9.89. The molecule has 0 radical (unpaired) electrons. The number of rotatable bonds is 4. The van der Waals surface area contributed by atoms with E-state index in [1.54, 1.807) is 4.90 Å². The van der Waals surface area contributed by atoms with E-state index in [9.17, 15) is 9.90 Å². The van der Waals surface area contributed by atoms with Crippen molar-refractivity contribution in [1.29, 1.82) is 0 Å². The zero-order valence-electron chi connectivity index (χ0n) is 11.5. The highest BCUT2D eigenvalue weighted by Gasteiger charge is 2.42. The predicted octanol–water partition coefficient (Wildman–Crippen LogP) is 1.31. The van der Waals surface area contributed by atoms with Crippen LogP contribution in [0.25, 0.3) is 0 Å². The van der Waals surface area contributed by atoms with Gasteiger partial charge in [0.2, 0.25) is 5.91 Å². The molecule has 104 valence electrons. The van der Waals surface area contributed by atoms with Crippen molar-refractivity contribution in [3.8, 4) is 0 Å². The third kappa shape index (κ3) is 2.67. The average molecular weight is 272 g/mol. The molecule has 5 heteroatoms. The normalized spacial score (nSPS) is 25.0. The van der Waals surface area contributed by atoms with Gasteiger partial charge < -0.3 is 15.7 Å². The van der Waals surface area contributed by atoms with Crippen molar-refractivity contribution in [3.05, 3.63) is 0 Å². The van der Waals surface area contributed by atoms with Crippen LogP contribution < -0.4 is 5.73 Å². The fourth-order valence-electron chi connectivity index (χ4n) is 2.54. The van der Waals surface area contributed by atoms with Gasteiger partial charge in [0.05, 0.1) is 16.5 Å². The molecular formula is C13H24N2O2S. The highest BCUT2D eigenvalue weighted by molar-refractivity contribution is 7.80. The molecule has 3 N–H and O–H groups in total. The van der Waals surface area contributed by atoms with Crippen LogP contribution >= 0.6 is 12.2 Å². The summed E-state index contributed by atoms with van der Waals surface area (Å²) in [6.45, 7) is 6.95. The summed E-state index contributed by atoms with van der Waals surface area (Å²) in [5.41, 5.74) is 5.04. The lowest BCUT2D eigenvalue weighted by molar-refractivity contribution is -0.143. The molecule has 0 saturated carbocycles. The number of thiocarbonyl (C=S) groups is 1. The first-order valence-electron chi connectivity index (χ1n) is 6.66. The number of carbonyl (C=O) groups is 1. The van der Waals surface area contributed by atoms with Gasteiger partial charge in [0.1, 0.15) is 0 Å². The minimum Gasteiger partial charge on any atom is -0.392 e. The van der Waals surface area contributed by atoms with Crippen LogP contribution in [-0.4, -0.2) is 40.1 Å². The number of likely N-dealkylation sites (tertiary alicyclic amines) is 1. The Kier molecular flexibility index (Phi) is 5.10. The van der Waals surface area contributed by atoms with Gasteiger partial charge in [-0.2, -0.15) is 0 Å². The van der Waals surface area contributed by atoms with Crippen molar-refractivity contribution in [2.24, 2.45) is 17.1 Å². The molecule has 1 fully saturated rings. The molecule has 2 atom stereocenters. The Hall–Kier alpha value is -0.680. The van der Waals surface area contributed by atoms with Crippen molar-refractivity contribution in [2.45, 2.75) is 46.1 Å². The number of nitrogens with zero attached hydrogens (tertiary/aromatic N) is 1. The lowest BCUT2D eigenvalue weighted by Gasteiger charge is -2.40. The Labute approximate surface area is 115 Å². The molecular weight excluding hydrogens is 248 g/mol. The molecule has 2 unspecified atom stereocenters.